The SMILES string of the molecule is COc1ccc(C(=O)/C=C/c2cc(C)n(-c3ccc(Cl)cc3)c2C)cc1. The molecule has 1 heterocycles. The fourth-order valence-corrected chi connectivity index (χ4v) is 3.09. The standard InChI is InChI=1S/C22H20ClNO2/c1-15-14-18(16(2)24(15)20-9-7-19(23)8-10-20)6-13-22(25)17-4-11-21(26-3)12-5-17/h4-14H,1-3H3/b13-6+. The first kappa shape index (κ1) is 18.0. The summed E-state index contributed by atoms with van der Waals surface area (Å²) in [4.78, 5) is 12.4. The first-order chi connectivity index (χ1) is 12.5. The maximum atomic E-state index is 12.4. The van der Waals surface area contributed by atoms with Gasteiger partial charge in [0.05, 0.1) is 7.11 Å². The van der Waals surface area contributed by atoms with E-state index in [0.717, 1.165) is 28.4 Å². The summed E-state index contributed by atoms with van der Waals surface area (Å²) in [5.74, 6) is 0.695. The Hall–Kier alpha value is -2.78. The van der Waals surface area contributed by atoms with E-state index in [-0.39, 0.29) is 5.78 Å². The fourth-order valence-electron chi connectivity index (χ4n) is 2.96. The Labute approximate surface area is 158 Å². The van der Waals surface area contributed by atoms with E-state index in [9.17, 15) is 4.79 Å². The molecular weight excluding hydrogens is 346 g/mol. The molecule has 0 aliphatic heterocycles. The van der Waals surface area contributed by atoms with Crippen LogP contribution >= 0.6 is 11.6 Å². The number of ether oxygens (including phenoxy) is 1. The number of hydrogen-bond donors (Lipinski definition) is 0. The number of methoxy groups -OCH3 is 1. The normalized spacial score (nSPS) is 11.1. The quantitative estimate of drug-likeness (QED) is 0.432. The first-order valence-electron chi connectivity index (χ1n) is 8.31. The summed E-state index contributed by atoms with van der Waals surface area (Å²) in [6.45, 7) is 4.09. The van der Waals surface area contributed by atoms with Crippen LogP contribution in [0.4, 0.5) is 0 Å². The van der Waals surface area contributed by atoms with Crippen molar-refractivity contribution in [1.29, 1.82) is 0 Å². The molecule has 0 bridgehead atoms. The molecular formula is C22H20ClNO2. The van der Waals surface area contributed by atoms with Crippen molar-refractivity contribution in [3.05, 3.63) is 88.2 Å². The van der Waals surface area contributed by atoms with Gasteiger partial charge in [-0.05, 0) is 86.2 Å². The van der Waals surface area contributed by atoms with Crippen molar-refractivity contribution in [2.24, 2.45) is 0 Å². The minimum Gasteiger partial charge on any atom is -0.497 e. The number of benzene rings is 2. The number of carbonyl (C=O) groups is 1. The van der Waals surface area contributed by atoms with E-state index >= 15 is 0 Å². The Morgan fingerprint density at radius 2 is 1.69 bits per heavy atom. The third kappa shape index (κ3) is 3.73. The highest BCUT2D eigenvalue weighted by Gasteiger charge is 2.09. The van der Waals surface area contributed by atoms with Gasteiger partial charge in [-0.15, -0.1) is 0 Å². The van der Waals surface area contributed by atoms with Crippen LogP contribution in [0.2, 0.25) is 5.02 Å². The number of hydrogen-bond acceptors (Lipinski definition) is 2. The van der Waals surface area contributed by atoms with Crippen molar-refractivity contribution in [2.45, 2.75) is 13.8 Å². The van der Waals surface area contributed by atoms with E-state index in [1.54, 1.807) is 37.5 Å². The van der Waals surface area contributed by atoms with Crippen LogP contribution in [-0.4, -0.2) is 17.5 Å². The summed E-state index contributed by atoms with van der Waals surface area (Å²) >= 11 is 5.98. The van der Waals surface area contributed by atoms with E-state index in [2.05, 4.69) is 10.6 Å². The van der Waals surface area contributed by atoms with Gasteiger partial charge in [-0.1, -0.05) is 11.6 Å². The fraction of sp³-hybridized carbons (Fsp3) is 0.136. The second kappa shape index (κ2) is 7.63. The number of aromatic nitrogens is 1. The van der Waals surface area contributed by atoms with Crippen molar-refractivity contribution in [3.8, 4) is 11.4 Å². The monoisotopic (exact) mass is 365 g/mol. The molecule has 0 amide bonds. The van der Waals surface area contributed by atoms with Gasteiger partial charge in [-0.25, -0.2) is 0 Å². The van der Waals surface area contributed by atoms with Gasteiger partial charge in [-0.3, -0.25) is 4.79 Å². The van der Waals surface area contributed by atoms with Gasteiger partial charge in [-0.2, -0.15) is 0 Å². The summed E-state index contributed by atoms with van der Waals surface area (Å²) in [5, 5.41) is 0.710. The second-order valence-electron chi connectivity index (χ2n) is 6.06. The van der Waals surface area contributed by atoms with Crippen LogP contribution in [0.25, 0.3) is 11.8 Å². The molecule has 3 aromatic rings. The highest BCUT2D eigenvalue weighted by molar-refractivity contribution is 6.30. The number of rotatable bonds is 5. The van der Waals surface area contributed by atoms with E-state index < -0.39 is 0 Å². The average molecular weight is 366 g/mol. The van der Waals surface area contributed by atoms with Crippen LogP contribution in [-0.2, 0) is 0 Å². The molecule has 0 fully saturated rings. The Kier molecular flexibility index (Phi) is 5.29. The number of ketones is 1. The predicted molar refractivity (Wildman–Crippen MR) is 107 cm³/mol. The van der Waals surface area contributed by atoms with Crippen LogP contribution in [0.15, 0.2) is 60.7 Å². The molecule has 4 heteroatoms. The van der Waals surface area contributed by atoms with Crippen molar-refractivity contribution >= 4 is 23.5 Å². The molecule has 0 saturated carbocycles. The summed E-state index contributed by atoms with van der Waals surface area (Å²) < 4.78 is 7.27. The number of halogens is 1. The van der Waals surface area contributed by atoms with E-state index in [4.69, 9.17) is 16.3 Å². The molecule has 0 spiro atoms. The van der Waals surface area contributed by atoms with Gasteiger partial charge in [0.1, 0.15) is 5.75 Å². The molecule has 0 unspecified atom stereocenters. The zero-order valence-electron chi connectivity index (χ0n) is 15.0. The Morgan fingerprint density at radius 3 is 2.31 bits per heavy atom. The van der Waals surface area contributed by atoms with Crippen LogP contribution in [0, 0.1) is 13.8 Å². The molecule has 0 saturated heterocycles. The molecule has 3 rings (SSSR count). The lowest BCUT2D eigenvalue weighted by molar-refractivity contribution is 0.104. The lowest BCUT2D eigenvalue weighted by Gasteiger charge is -2.09. The number of carbonyl (C=O) groups excluding carboxylic acids is 1. The largest absolute Gasteiger partial charge is 0.497 e. The highest BCUT2D eigenvalue weighted by Crippen LogP contribution is 2.23. The molecule has 0 atom stereocenters. The summed E-state index contributed by atoms with van der Waals surface area (Å²) in [6.07, 6.45) is 3.47. The molecule has 1 aromatic heterocycles. The maximum absolute atomic E-state index is 12.4. The molecule has 0 radical (unpaired) electrons. The number of allylic oxidation sites excluding steroid dienone is 1. The van der Waals surface area contributed by atoms with Gasteiger partial charge in [0.2, 0.25) is 0 Å². The third-order valence-corrected chi connectivity index (χ3v) is 4.60. The van der Waals surface area contributed by atoms with Crippen molar-refractivity contribution in [2.75, 3.05) is 7.11 Å². The van der Waals surface area contributed by atoms with Crippen LogP contribution in [0.3, 0.4) is 0 Å². The third-order valence-electron chi connectivity index (χ3n) is 4.34. The molecule has 0 aliphatic carbocycles. The molecule has 0 N–H and O–H groups in total. The van der Waals surface area contributed by atoms with Crippen LogP contribution in [0.1, 0.15) is 27.3 Å². The Balaban J connectivity index is 1.85. The topological polar surface area (TPSA) is 31.2 Å². The minimum absolute atomic E-state index is 0.0380. The molecule has 2 aromatic carbocycles. The summed E-state index contributed by atoms with van der Waals surface area (Å²) in [5.41, 5.74) is 4.86. The van der Waals surface area contributed by atoms with Gasteiger partial charge in [0.25, 0.3) is 0 Å². The molecule has 0 aliphatic rings. The van der Waals surface area contributed by atoms with Crippen molar-refractivity contribution in [3.63, 3.8) is 0 Å². The Morgan fingerprint density at radius 1 is 1.04 bits per heavy atom. The number of aryl methyl sites for hydroxylation is 1. The van der Waals surface area contributed by atoms with Crippen molar-refractivity contribution in [1.82, 2.24) is 4.57 Å². The molecule has 26 heavy (non-hydrogen) atoms. The molecule has 3 nitrogen and oxygen atoms in total. The average Bonchev–Trinajstić information content (AvgIpc) is 2.94. The van der Waals surface area contributed by atoms with Gasteiger partial charge < -0.3 is 9.30 Å². The predicted octanol–water partition coefficient (Wildman–Crippen LogP) is 5.65. The van der Waals surface area contributed by atoms with Gasteiger partial charge >= 0.3 is 0 Å². The van der Waals surface area contributed by atoms with Crippen LogP contribution in [0.5, 0.6) is 5.75 Å². The first-order valence-corrected chi connectivity index (χ1v) is 8.69. The van der Waals surface area contributed by atoms with Crippen LogP contribution < -0.4 is 4.74 Å². The van der Waals surface area contributed by atoms with E-state index in [1.165, 1.54) is 0 Å². The van der Waals surface area contributed by atoms with Gasteiger partial charge in [0, 0.05) is 27.7 Å². The minimum atomic E-state index is -0.0380. The zero-order valence-corrected chi connectivity index (χ0v) is 15.7. The Bertz CT molecular complexity index is 951. The number of nitrogens with zero attached hydrogens (tertiary/aromatic N) is 1. The highest BCUT2D eigenvalue weighted by atomic mass is 35.5. The lowest BCUT2D eigenvalue weighted by Crippen LogP contribution is -1.98. The van der Waals surface area contributed by atoms with E-state index in [0.29, 0.717) is 10.6 Å². The zero-order chi connectivity index (χ0) is 18.7. The summed E-state index contributed by atoms with van der Waals surface area (Å²) in [7, 11) is 1.60. The maximum Gasteiger partial charge on any atom is 0.185 e. The lowest BCUT2D eigenvalue weighted by atomic mass is 10.1. The second-order valence-corrected chi connectivity index (χ2v) is 6.50. The van der Waals surface area contributed by atoms with Crippen molar-refractivity contribution < 1.29 is 9.53 Å². The smallest absolute Gasteiger partial charge is 0.185 e. The van der Waals surface area contributed by atoms with Gasteiger partial charge in [0.15, 0.2) is 5.78 Å². The molecule has 132 valence electrons. The van der Waals surface area contributed by atoms with E-state index in [1.807, 2.05) is 44.2 Å². The summed E-state index contributed by atoms with van der Waals surface area (Å²) in [6, 6.07) is 16.9.